The first-order valence-electron chi connectivity index (χ1n) is 9.66. The van der Waals surface area contributed by atoms with Crippen LogP contribution in [0.5, 0.6) is 5.75 Å². The maximum absolute atomic E-state index is 10.6. The molecule has 1 aliphatic rings. The van der Waals surface area contributed by atoms with E-state index in [2.05, 4.69) is 10.1 Å². The topological polar surface area (TPSA) is 63.3 Å². The van der Waals surface area contributed by atoms with E-state index in [1.165, 1.54) is 29.7 Å². The summed E-state index contributed by atoms with van der Waals surface area (Å²) in [7, 11) is 0. The molecule has 5 nitrogen and oxygen atoms in total. The lowest BCUT2D eigenvalue weighted by Gasteiger charge is -2.03. The second kappa shape index (κ2) is 6.01. The van der Waals surface area contributed by atoms with Gasteiger partial charge in [0.1, 0.15) is 16.9 Å². The van der Waals surface area contributed by atoms with Gasteiger partial charge in [0, 0.05) is 4.88 Å². The highest BCUT2D eigenvalue weighted by Gasteiger charge is 2.21. The zero-order valence-corrected chi connectivity index (χ0v) is 16.0. The summed E-state index contributed by atoms with van der Waals surface area (Å²) in [6.07, 6.45) is 7.70. The Hall–Kier alpha value is -2.99. The van der Waals surface area contributed by atoms with Gasteiger partial charge in [0.15, 0.2) is 11.5 Å². The zero-order valence-electron chi connectivity index (χ0n) is 15.2. The molecule has 1 aliphatic carbocycles. The highest BCUT2D eigenvalue weighted by Crippen LogP contribution is 2.37. The Balaban J connectivity index is 1.60. The van der Waals surface area contributed by atoms with Crippen molar-refractivity contribution in [3.8, 4) is 17.1 Å². The molecular formula is C22H18N4OS. The van der Waals surface area contributed by atoms with Crippen LogP contribution in [-0.2, 0) is 12.8 Å². The van der Waals surface area contributed by atoms with E-state index in [-0.39, 0.29) is 5.75 Å². The van der Waals surface area contributed by atoms with Crippen molar-refractivity contribution in [2.75, 3.05) is 0 Å². The third-order valence-corrected chi connectivity index (χ3v) is 6.85. The first-order valence-corrected chi connectivity index (χ1v) is 10.5. The largest absolute Gasteiger partial charge is 0.507 e. The normalized spacial score (nSPS) is 14.6. The smallest absolute Gasteiger partial charge is 0.185 e. The number of hydrogen-bond donors (Lipinski definition) is 1. The molecule has 5 aromatic rings. The molecule has 0 unspecified atom stereocenters. The number of phenols is 1. The van der Waals surface area contributed by atoms with Gasteiger partial charge in [0.2, 0.25) is 0 Å². The maximum Gasteiger partial charge on any atom is 0.185 e. The molecule has 28 heavy (non-hydrogen) atoms. The summed E-state index contributed by atoms with van der Waals surface area (Å²) in [5, 5.41) is 18.4. The number of fused-ring (bicyclic) bond motifs is 6. The molecule has 0 amide bonds. The molecule has 1 N–H and O–H groups in total. The van der Waals surface area contributed by atoms with Crippen LogP contribution in [-0.4, -0.2) is 24.7 Å². The van der Waals surface area contributed by atoms with Gasteiger partial charge >= 0.3 is 0 Å². The summed E-state index contributed by atoms with van der Waals surface area (Å²) in [6.45, 7) is 0. The summed E-state index contributed by atoms with van der Waals surface area (Å²) >= 11 is 1.80. The summed E-state index contributed by atoms with van der Waals surface area (Å²) < 4.78 is 1.75. The monoisotopic (exact) mass is 386 g/mol. The lowest BCUT2D eigenvalue weighted by atomic mass is 10.1. The molecule has 6 heteroatoms. The average Bonchev–Trinajstić information content (AvgIpc) is 3.21. The number of benzene rings is 2. The van der Waals surface area contributed by atoms with E-state index < -0.39 is 0 Å². The molecule has 2 aromatic carbocycles. The van der Waals surface area contributed by atoms with E-state index in [1.807, 2.05) is 30.3 Å². The van der Waals surface area contributed by atoms with Crippen LogP contribution in [0.25, 0.3) is 38.0 Å². The molecule has 138 valence electrons. The molecule has 0 saturated carbocycles. The van der Waals surface area contributed by atoms with E-state index in [0.29, 0.717) is 11.4 Å². The van der Waals surface area contributed by atoms with Gasteiger partial charge in [-0.1, -0.05) is 30.7 Å². The van der Waals surface area contributed by atoms with Crippen molar-refractivity contribution >= 4 is 38.0 Å². The minimum absolute atomic E-state index is 0.197. The maximum atomic E-state index is 10.6. The van der Waals surface area contributed by atoms with Crippen LogP contribution in [0.15, 0.2) is 42.7 Å². The predicted molar refractivity (Wildman–Crippen MR) is 112 cm³/mol. The predicted octanol–water partition coefficient (Wildman–Crippen LogP) is 5.13. The number of rotatable bonds is 1. The van der Waals surface area contributed by atoms with Crippen LogP contribution in [0.3, 0.4) is 0 Å². The summed E-state index contributed by atoms with van der Waals surface area (Å²) in [5.41, 5.74) is 2.89. The fourth-order valence-corrected chi connectivity index (χ4v) is 5.48. The van der Waals surface area contributed by atoms with E-state index in [0.717, 1.165) is 39.5 Å². The third-order valence-electron chi connectivity index (χ3n) is 5.65. The number of aryl methyl sites for hydroxylation is 2. The Morgan fingerprint density at radius 1 is 1.00 bits per heavy atom. The Morgan fingerprint density at radius 2 is 1.82 bits per heavy atom. The van der Waals surface area contributed by atoms with E-state index >= 15 is 0 Å². The van der Waals surface area contributed by atoms with Crippen LogP contribution < -0.4 is 0 Å². The minimum Gasteiger partial charge on any atom is -0.507 e. The second-order valence-electron chi connectivity index (χ2n) is 7.41. The highest BCUT2D eigenvalue weighted by atomic mass is 32.1. The highest BCUT2D eigenvalue weighted by molar-refractivity contribution is 7.19. The van der Waals surface area contributed by atoms with Crippen molar-refractivity contribution in [2.45, 2.75) is 32.1 Å². The molecule has 0 radical (unpaired) electrons. The first kappa shape index (κ1) is 16.0. The van der Waals surface area contributed by atoms with Gasteiger partial charge in [-0.2, -0.15) is 0 Å². The lowest BCUT2D eigenvalue weighted by molar-refractivity contribution is 0.477. The van der Waals surface area contributed by atoms with Crippen molar-refractivity contribution in [3.05, 3.63) is 53.2 Å². The SMILES string of the molecule is Oc1cc2ccccc2cc1-c1nc2c3c4c(sc3ncn2n1)CCCCC4. The number of thiophene rings is 1. The van der Waals surface area contributed by atoms with Gasteiger partial charge in [-0.15, -0.1) is 16.4 Å². The molecule has 0 atom stereocenters. The number of aromatic nitrogens is 4. The minimum atomic E-state index is 0.197. The van der Waals surface area contributed by atoms with Gasteiger partial charge in [-0.25, -0.2) is 14.5 Å². The molecular weight excluding hydrogens is 368 g/mol. The summed E-state index contributed by atoms with van der Waals surface area (Å²) in [6, 6.07) is 11.7. The molecule has 0 saturated heterocycles. The molecule has 3 aromatic heterocycles. The Labute approximate surface area is 165 Å². The zero-order chi connectivity index (χ0) is 18.7. The number of aromatic hydroxyl groups is 1. The second-order valence-corrected chi connectivity index (χ2v) is 8.49. The van der Waals surface area contributed by atoms with Crippen molar-refractivity contribution < 1.29 is 5.11 Å². The van der Waals surface area contributed by atoms with Gasteiger partial charge in [0.05, 0.1) is 10.9 Å². The quantitative estimate of drug-likeness (QED) is 0.406. The van der Waals surface area contributed by atoms with E-state index in [4.69, 9.17) is 4.98 Å². The third kappa shape index (κ3) is 2.34. The first-order chi connectivity index (χ1) is 13.8. The number of phenolic OH excluding ortho intramolecular Hbond substituents is 1. The summed E-state index contributed by atoms with van der Waals surface area (Å²) in [4.78, 5) is 12.0. The van der Waals surface area contributed by atoms with E-state index in [1.54, 1.807) is 28.2 Å². The Bertz CT molecular complexity index is 1370. The fraction of sp³-hybridized carbons (Fsp3) is 0.227. The van der Waals surface area contributed by atoms with Crippen molar-refractivity contribution in [1.29, 1.82) is 0 Å². The molecule has 0 spiro atoms. The van der Waals surface area contributed by atoms with Crippen LogP contribution in [0, 0.1) is 0 Å². The van der Waals surface area contributed by atoms with E-state index in [9.17, 15) is 5.11 Å². The average molecular weight is 386 g/mol. The molecule has 0 fully saturated rings. The lowest BCUT2D eigenvalue weighted by Crippen LogP contribution is -1.92. The van der Waals surface area contributed by atoms with Gasteiger partial charge < -0.3 is 5.11 Å². The van der Waals surface area contributed by atoms with Crippen LogP contribution >= 0.6 is 11.3 Å². The standard InChI is InChI=1S/C22H18N4OS/c27-17-11-14-7-5-4-6-13(14)10-16(17)20-24-21-19-15-8-2-1-3-9-18(15)28-22(19)23-12-26(21)25-20/h4-7,10-12,27H,1-3,8-9H2. The molecule has 0 aliphatic heterocycles. The molecule has 0 bridgehead atoms. The van der Waals surface area contributed by atoms with Crippen molar-refractivity contribution in [3.63, 3.8) is 0 Å². The van der Waals surface area contributed by atoms with Crippen LogP contribution in [0.2, 0.25) is 0 Å². The van der Waals surface area contributed by atoms with Gasteiger partial charge in [-0.3, -0.25) is 0 Å². The number of nitrogens with zero attached hydrogens (tertiary/aromatic N) is 4. The van der Waals surface area contributed by atoms with Crippen LogP contribution in [0.1, 0.15) is 29.7 Å². The van der Waals surface area contributed by atoms with Crippen molar-refractivity contribution in [2.24, 2.45) is 0 Å². The molecule has 6 rings (SSSR count). The van der Waals surface area contributed by atoms with Crippen molar-refractivity contribution in [1.82, 2.24) is 19.6 Å². The Kier molecular flexibility index (Phi) is 3.43. The summed E-state index contributed by atoms with van der Waals surface area (Å²) in [5.74, 6) is 0.731. The molecule has 3 heterocycles. The number of hydrogen-bond acceptors (Lipinski definition) is 5. The fourth-order valence-electron chi connectivity index (χ4n) is 4.25. The van der Waals surface area contributed by atoms with Gasteiger partial charge in [-0.05, 0) is 54.2 Å². The Morgan fingerprint density at radius 3 is 2.71 bits per heavy atom. The van der Waals surface area contributed by atoms with Gasteiger partial charge in [0.25, 0.3) is 0 Å². The van der Waals surface area contributed by atoms with Crippen LogP contribution in [0.4, 0.5) is 0 Å².